The molecule has 3 aliphatic rings. The minimum atomic E-state index is -0.189. The number of fused-ring (bicyclic) bond motifs is 1. The van der Waals surface area contributed by atoms with Gasteiger partial charge in [0.2, 0.25) is 5.91 Å². The number of rotatable bonds is 3. The van der Waals surface area contributed by atoms with Crippen LogP contribution in [0.15, 0.2) is 29.3 Å². The summed E-state index contributed by atoms with van der Waals surface area (Å²) < 4.78 is 0. The fourth-order valence-corrected chi connectivity index (χ4v) is 4.84. The molecule has 0 radical (unpaired) electrons. The average molecular weight is 422 g/mol. The Kier molecular flexibility index (Phi) is 5.29. The fraction of sp³-hybridized carbons (Fsp3) is 0.522. The van der Waals surface area contributed by atoms with Crippen LogP contribution in [0.1, 0.15) is 72.0 Å². The topological polar surface area (TPSA) is 99.3 Å². The third-order valence-electron chi connectivity index (χ3n) is 6.86. The lowest BCUT2D eigenvalue weighted by Gasteiger charge is -2.39. The number of nitrogens with one attached hydrogen (secondary N) is 1. The molecule has 31 heavy (non-hydrogen) atoms. The normalized spacial score (nSPS) is 21.4. The molecule has 2 fully saturated rings. The highest BCUT2D eigenvalue weighted by Crippen LogP contribution is 2.35. The summed E-state index contributed by atoms with van der Waals surface area (Å²) in [6, 6.07) is 3.20. The standard InChI is InChI=1S/C23H27N5O3/c29-21-17-9-13-27(22(30)16-7-10-24-11-8-16)14-18(17)25-20(26-21)19-6-1-2-12-28(19)23(31)15-4-3-5-15/h7-8,10-11,15,19H,1-6,9,12-14H2,(H,25,26,29)/t19-/m1/s1. The highest BCUT2D eigenvalue weighted by Gasteiger charge is 2.36. The SMILES string of the molecule is O=C(c1ccncc1)N1CCc2c(nc([C@H]3CCCCN3C(=O)C3CCC3)[nH]c2=O)C1. The van der Waals surface area contributed by atoms with Gasteiger partial charge < -0.3 is 14.8 Å². The first-order valence-corrected chi connectivity index (χ1v) is 11.2. The van der Waals surface area contributed by atoms with Gasteiger partial charge in [-0.2, -0.15) is 0 Å². The zero-order valence-corrected chi connectivity index (χ0v) is 17.5. The van der Waals surface area contributed by atoms with Crippen molar-refractivity contribution in [2.45, 2.75) is 57.5 Å². The molecule has 8 nitrogen and oxygen atoms in total. The van der Waals surface area contributed by atoms with E-state index in [-0.39, 0.29) is 29.3 Å². The van der Waals surface area contributed by atoms with E-state index in [0.717, 1.165) is 38.5 Å². The van der Waals surface area contributed by atoms with Crippen LogP contribution >= 0.6 is 0 Å². The molecule has 0 aromatic carbocycles. The van der Waals surface area contributed by atoms with Gasteiger partial charge in [0.05, 0.1) is 18.3 Å². The van der Waals surface area contributed by atoms with Crippen molar-refractivity contribution in [2.24, 2.45) is 5.92 Å². The zero-order valence-electron chi connectivity index (χ0n) is 17.5. The number of H-pyrrole nitrogens is 1. The van der Waals surface area contributed by atoms with E-state index in [1.54, 1.807) is 29.4 Å². The Morgan fingerprint density at radius 1 is 1.03 bits per heavy atom. The van der Waals surface area contributed by atoms with Crippen molar-refractivity contribution < 1.29 is 9.59 Å². The number of likely N-dealkylation sites (tertiary alicyclic amines) is 1. The third kappa shape index (κ3) is 3.75. The number of carbonyl (C=O) groups is 2. The maximum atomic E-state index is 13.0. The van der Waals surface area contributed by atoms with E-state index in [1.165, 1.54) is 0 Å². The maximum Gasteiger partial charge on any atom is 0.254 e. The quantitative estimate of drug-likeness (QED) is 0.819. The molecule has 2 aliphatic heterocycles. The van der Waals surface area contributed by atoms with Crippen molar-refractivity contribution in [3.05, 3.63) is 57.5 Å². The van der Waals surface area contributed by atoms with Crippen LogP contribution < -0.4 is 5.56 Å². The summed E-state index contributed by atoms with van der Waals surface area (Å²) in [5, 5.41) is 0. The number of hydrogen-bond donors (Lipinski definition) is 1. The Balaban J connectivity index is 1.42. The molecule has 1 saturated heterocycles. The number of hydrogen-bond acceptors (Lipinski definition) is 5. The van der Waals surface area contributed by atoms with Crippen molar-refractivity contribution in [3.63, 3.8) is 0 Å². The summed E-state index contributed by atoms with van der Waals surface area (Å²) in [5.74, 6) is 0.801. The molecule has 1 saturated carbocycles. The van der Waals surface area contributed by atoms with Crippen LogP contribution in [0.5, 0.6) is 0 Å². The Morgan fingerprint density at radius 2 is 1.84 bits per heavy atom. The predicted octanol–water partition coefficient (Wildman–Crippen LogP) is 2.22. The second-order valence-electron chi connectivity index (χ2n) is 8.76. The Morgan fingerprint density at radius 3 is 2.58 bits per heavy atom. The van der Waals surface area contributed by atoms with Gasteiger partial charge in [-0.25, -0.2) is 4.98 Å². The van der Waals surface area contributed by atoms with Crippen molar-refractivity contribution >= 4 is 11.8 Å². The number of carbonyl (C=O) groups excluding carboxylic acids is 2. The highest BCUT2D eigenvalue weighted by atomic mass is 16.2. The zero-order chi connectivity index (χ0) is 21.4. The molecule has 1 aliphatic carbocycles. The molecule has 2 amide bonds. The van der Waals surface area contributed by atoms with E-state index >= 15 is 0 Å². The van der Waals surface area contributed by atoms with Gasteiger partial charge >= 0.3 is 0 Å². The molecular formula is C23H27N5O3. The van der Waals surface area contributed by atoms with Crippen molar-refractivity contribution in [2.75, 3.05) is 13.1 Å². The van der Waals surface area contributed by atoms with Crippen LogP contribution in [0, 0.1) is 5.92 Å². The van der Waals surface area contributed by atoms with Gasteiger partial charge in [-0.3, -0.25) is 19.4 Å². The second kappa shape index (κ2) is 8.24. The molecule has 2 aromatic heterocycles. The van der Waals surface area contributed by atoms with Crippen LogP contribution in [0.2, 0.25) is 0 Å². The van der Waals surface area contributed by atoms with Crippen LogP contribution in [-0.2, 0) is 17.8 Å². The van der Waals surface area contributed by atoms with Crippen LogP contribution in [-0.4, -0.2) is 49.7 Å². The molecule has 0 bridgehead atoms. The number of pyridine rings is 1. The Hall–Kier alpha value is -3.03. The van der Waals surface area contributed by atoms with Crippen molar-refractivity contribution in [1.29, 1.82) is 0 Å². The molecule has 8 heteroatoms. The van der Waals surface area contributed by atoms with Crippen LogP contribution in [0.3, 0.4) is 0 Å². The van der Waals surface area contributed by atoms with Crippen LogP contribution in [0.25, 0.3) is 0 Å². The molecule has 4 heterocycles. The smallest absolute Gasteiger partial charge is 0.254 e. The van der Waals surface area contributed by atoms with E-state index in [4.69, 9.17) is 4.98 Å². The van der Waals surface area contributed by atoms with Gasteiger partial charge in [-0.05, 0) is 50.7 Å². The molecular weight excluding hydrogens is 394 g/mol. The monoisotopic (exact) mass is 421 g/mol. The molecule has 1 N–H and O–H groups in total. The van der Waals surface area contributed by atoms with E-state index < -0.39 is 0 Å². The van der Waals surface area contributed by atoms with Gasteiger partial charge in [0.15, 0.2) is 0 Å². The number of aromatic nitrogens is 3. The third-order valence-corrected chi connectivity index (χ3v) is 6.86. The fourth-order valence-electron chi connectivity index (χ4n) is 4.84. The first-order valence-electron chi connectivity index (χ1n) is 11.2. The second-order valence-corrected chi connectivity index (χ2v) is 8.76. The minimum absolute atomic E-state index is 0.0869. The number of aromatic amines is 1. The lowest BCUT2D eigenvalue weighted by Crippen LogP contribution is -2.45. The summed E-state index contributed by atoms with van der Waals surface area (Å²) in [6.07, 6.45) is 9.51. The summed E-state index contributed by atoms with van der Waals surface area (Å²) in [5.41, 5.74) is 1.73. The van der Waals surface area contributed by atoms with Gasteiger partial charge in [0, 0.05) is 42.5 Å². The minimum Gasteiger partial charge on any atom is -0.332 e. The van der Waals surface area contributed by atoms with Gasteiger partial charge in [-0.15, -0.1) is 0 Å². The van der Waals surface area contributed by atoms with Gasteiger partial charge in [0.1, 0.15) is 5.82 Å². The van der Waals surface area contributed by atoms with Gasteiger partial charge in [-0.1, -0.05) is 6.42 Å². The molecule has 162 valence electrons. The largest absolute Gasteiger partial charge is 0.332 e. The summed E-state index contributed by atoms with van der Waals surface area (Å²) in [6.45, 7) is 1.50. The number of amides is 2. The first kappa shape index (κ1) is 19.9. The molecule has 1 atom stereocenters. The van der Waals surface area contributed by atoms with Crippen molar-refractivity contribution in [3.8, 4) is 0 Å². The molecule has 0 unspecified atom stereocenters. The Labute approximate surface area is 180 Å². The average Bonchev–Trinajstić information content (AvgIpc) is 2.77. The maximum absolute atomic E-state index is 13.0. The van der Waals surface area contributed by atoms with Gasteiger partial charge in [0.25, 0.3) is 11.5 Å². The highest BCUT2D eigenvalue weighted by molar-refractivity contribution is 5.94. The predicted molar refractivity (Wildman–Crippen MR) is 113 cm³/mol. The molecule has 5 rings (SSSR count). The lowest BCUT2D eigenvalue weighted by atomic mass is 9.83. The van der Waals surface area contributed by atoms with E-state index in [2.05, 4.69) is 9.97 Å². The number of piperidine rings is 1. The van der Waals surface area contributed by atoms with E-state index in [9.17, 15) is 14.4 Å². The first-order chi connectivity index (χ1) is 15.1. The van der Waals surface area contributed by atoms with E-state index in [1.807, 2.05) is 4.90 Å². The molecule has 2 aromatic rings. The summed E-state index contributed by atoms with van der Waals surface area (Å²) in [4.78, 5) is 54.1. The lowest BCUT2D eigenvalue weighted by molar-refractivity contribution is -0.142. The number of nitrogens with zero attached hydrogens (tertiary/aromatic N) is 4. The molecule has 0 spiro atoms. The summed E-state index contributed by atoms with van der Waals surface area (Å²) in [7, 11) is 0. The van der Waals surface area contributed by atoms with Crippen LogP contribution in [0.4, 0.5) is 0 Å². The summed E-state index contributed by atoms with van der Waals surface area (Å²) >= 11 is 0. The van der Waals surface area contributed by atoms with Crippen molar-refractivity contribution in [1.82, 2.24) is 24.8 Å². The van der Waals surface area contributed by atoms with E-state index in [0.29, 0.717) is 48.7 Å². The Bertz CT molecular complexity index is 1050.